The number of nitrogens with one attached hydrogen (secondary N) is 1. The second-order valence-corrected chi connectivity index (χ2v) is 5.82. The van der Waals surface area contributed by atoms with E-state index < -0.39 is 0 Å². The molecule has 0 aromatic heterocycles. The zero-order valence-corrected chi connectivity index (χ0v) is 10.7. The van der Waals surface area contributed by atoms with E-state index in [2.05, 4.69) is 31.0 Å². The molecule has 0 bridgehead atoms. The Balaban J connectivity index is 1.91. The van der Waals surface area contributed by atoms with Crippen molar-refractivity contribution < 1.29 is 4.79 Å². The lowest BCUT2D eigenvalue weighted by Gasteiger charge is -2.23. The fourth-order valence-electron chi connectivity index (χ4n) is 2.91. The summed E-state index contributed by atoms with van der Waals surface area (Å²) < 4.78 is 0. The number of hydrogen-bond acceptors (Lipinski definition) is 2. The van der Waals surface area contributed by atoms with Crippen LogP contribution in [0.1, 0.15) is 27.2 Å². The molecule has 1 amide bonds. The highest BCUT2D eigenvalue weighted by molar-refractivity contribution is 5.80. The number of carbonyl (C=O) groups is 1. The van der Waals surface area contributed by atoms with Gasteiger partial charge in [-0.25, -0.2) is 0 Å². The first kappa shape index (κ1) is 11.9. The molecule has 0 aromatic rings. The van der Waals surface area contributed by atoms with Gasteiger partial charge in [-0.2, -0.15) is 0 Å². The molecule has 0 saturated carbocycles. The molecule has 2 saturated heterocycles. The molecule has 92 valence electrons. The van der Waals surface area contributed by atoms with Gasteiger partial charge < -0.3 is 10.2 Å². The maximum Gasteiger partial charge on any atom is 0.227 e. The van der Waals surface area contributed by atoms with Gasteiger partial charge in [0.1, 0.15) is 0 Å². The van der Waals surface area contributed by atoms with Gasteiger partial charge in [0.25, 0.3) is 0 Å². The molecular formula is C13H24N2O. The minimum Gasteiger partial charge on any atom is -0.342 e. The van der Waals surface area contributed by atoms with Crippen LogP contribution in [-0.4, -0.2) is 37.0 Å². The summed E-state index contributed by atoms with van der Waals surface area (Å²) in [5.74, 6) is 2.54. The van der Waals surface area contributed by atoms with Crippen LogP contribution in [0.4, 0.5) is 0 Å². The molecule has 0 spiro atoms. The number of hydrogen-bond donors (Lipinski definition) is 1. The first-order chi connectivity index (χ1) is 7.59. The van der Waals surface area contributed by atoms with Crippen LogP contribution in [0, 0.1) is 23.7 Å². The Morgan fingerprint density at radius 1 is 1.38 bits per heavy atom. The van der Waals surface area contributed by atoms with Gasteiger partial charge in [-0.1, -0.05) is 20.8 Å². The Morgan fingerprint density at radius 3 is 2.62 bits per heavy atom. The predicted octanol–water partition coefficient (Wildman–Crippen LogP) is 1.35. The van der Waals surface area contributed by atoms with E-state index in [0.29, 0.717) is 23.7 Å². The number of carbonyl (C=O) groups excluding carboxylic acids is 1. The zero-order chi connectivity index (χ0) is 11.7. The standard InChI is InChI=1S/C13H24N2O/c1-9(2)11-4-5-15(8-11)13(16)12-7-14-6-10(12)3/h9-12,14H,4-8H2,1-3H3/t10-,11?,12-/m1/s1. The molecule has 0 aliphatic carbocycles. The third-order valence-electron chi connectivity index (χ3n) is 4.31. The molecule has 2 rings (SSSR count). The number of nitrogens with zero attached hydrogens (tertiary/aromatic N) is 1. The molecule has 0 radical (unpaired) electrons. The molecule has 16 heavy (non-hydrogen) atoms. The molecule has 3 atom stereocenters. The molecule has 3 heteroatoms. The highest BCUT2D eigenvalue weighted by atomic mass is 16.2. The number of amides is 1. The summed E-state index contributed by atoms with van der Waals surface area (Å²) in [5, 5.41) is 3.31. The van der Waals surface area contributed by atoms with Crippen molar-refractivity contribution in [3.05, 3.63) is 0 Å². The summed E-state index contributed by atoms with van der Waals surface area (Å²) in [6, 6.07) is 0. The Morgan fingerprint density at radius 2 is 2.12 bits per heavy atom. The van der Waals surface area contributed by atoms with Gasteiger partial charge in [0.15, 0.2) is 0 Å². The fraction of sp³-hybridized carbons (Fsp3) is 0.923. The second-order valence-electron chi connectivity index (χ2n) is 5.82. The largest absolute Gasteiger partial charge is 0.342 e. The van der Waals surface area contributed by atoms with Crippen LogP contribution in [0.5, 0.6) is 0 Å². The molecule has 2 heterocycles. The SMILES string of the molecule is CC(C)C1CCN(C(=O)[C@@H]2CNC[C@H]2C)C1. The van der Waals surface area contributed by atoms with E-state index in [1.807, 2.05) is 0 Å². The Hall–Kier alpha value is -0.570. The molecule has 2 aliphatic heterocycles. The van der Waals surface area contributed by atoms with E-state index in [0.717, 1.165) is 26.2 Å². The smallest absolute Gasteiger partial charge is 0.227 e. The first-order valence-corrected chi connectivity index (χ1v) is 6.59. The second kappa shape index (κ2) is 4.74. The summed E-state index contributed by atoms with van der Waals surface area (Å²) in [6.45, 7) is 10.5. The van der Waals surface area contributed by atoms with Gasteiger partial charge in [0, 0.05) is 19.6 Å². The van der Waals surface area contributed by atoms with Crippen LogP contribution >= 0.6 is 0 Å². The van der Waals surface area contributed by atoms with Crippen LogP contribution in [0.15, 0.2) is 0 Å². The Labute approximate surface area is 98.6 Å². The van der Waals surface area contributed by atoms with Crippen LogP contribution in [-0.2, 0) is 4.79 Å². The molecule has 1 unspecified atom stereocenters. The van der Waals surface area contributed by atoms with Gasteiger partial charge in [0.05, 0.1) is 5.92 Å². The van der Waals surface area contributed by atoms with E-state index in [1.165, 1.54) is 6.42 Å². The van der Waals surface area contributed by atoms with Crippen LogP contribution in [0.25, 0.3) is 0 Å². The van der Waals surface area contributed by atoms with E-state index in [-0.39, 0.29) is 5.92 Å². The Kier molecular flexibility index (Phi) is 3.53. The summed E-state index contributed by atoms with van der Waals surface area (Å²) >= 11 is 0. The lowest BCUT2D eigenvalue weighted by atomic mass is 9.95. The highest BCUT2D eigenvalue weighted by Gasteiger charge is 2.36. The van der Waals surface area contributed by atoms with E-state index in [9.17, 15) is 4.79 Å². The third-order valence-corrected chi connectivity index (χ3v) is 4.31. The number of rotatable bonds is 2. The van der Waals surface area contributed by atoms with Gasteiger partial charge in [-0.15, -0.1) is 0 Å². The average molecular weight is 224 g/mol. The average Bonchev–Trinajstić information content (AvgIpc) is 2.84. The van der Waals surface area contributed by atoms with Crippen molar-refractivity contribution in [2.75, 3.05) is 26.2 Å². The van der Waals surface area contributed by atoms with Crippen molar-refractivity contribution in [2.45, 2.75) is 27.2 Å². The van der Waals surface area contributed by atoms with Gasteiger partial charge >= 0.3 is 0 Å². The predicted molar refractivity (Wildman–Crippen MR) is 65.0 cm³/mol. The molecule has 0 aromatic carbocycles. The van der Waals surface area contributed by atoms with E-state index in [1.54, 1.807) is 0 Å². The maximum atomic E-state index is 12.3. The summed E-state index contributed by atoms with van der Waals surface area (Å²) in [7, 11) is 0. The molecular weight excluding hydrogens is 200 g/mol. The molecule has 1 N–H and O–H groups in total. The van der Waals surface area contributed by atoms with Crippen molar-refractivity contribution in [1.29, 1.82) is 0 Å². The van der Waals surface area contributed by atoms with Crippen LogP contribution in [0.3, 0.4) is 0 Å². The zero-order valence-electron chi connectivity index (χ0n) is 10.7. The number of likely N-dealkylation sites (tertiary alicyclic amines) is 1. The topological polar surface area (TPSA) is 32.3 Å². The third kappa shape index (κ3) is 2.24. The fourth-order valence-corrected chi connectivity index (χ4v) is 2.91. The van der Waals surface area contributed by atoms with E-state index >= 15 is 0 Å². The summed E-state index contributed by atoms with van der Waals surface area (Å²) in [5.41, 5.74) is 0. The highest BCUT2D eigenvalue weighted by Crippen LogP contribution is 2.27. The van der Waals surface area contributed by atoms with Crippen molar-refractivity contribution in [3.63, 3.8) is 0 Å². The van der Waals surface area contributed by atoms with Gasteiger partial charge in [-0.3, -0.25) is 4.79 Å². The minimum absolute atomic E-state index is 0.228. The van der Waals surface area contributed by atoms with Crippen molar-refractivity contribution >= 4 is 5.91 Å². The van der Waals surface area contributed by atoms with Gasteiger partial charge in [-0.05, 0) is 30.7 Å². The van der Waals surface area contributed by atoms with Crippen molar-refractivity contribution in [1.82, 2.24) is 10.2 Å². The molecule has 2 aliphatic rings. The molecule has 3 nitrogen and oxygen atoms in total. The monoisotopic (exact) mass is 224 g/mol. The normalized spacial score (nSPS) is 35.0. The quantitative estimate of drug-likeness (QED) is 0.768. The Bertz CT molecular complexity index is 265. The lowest BCUT2D eigenvalue weighted by molar-refractivity contribution is -0.135. The minimum atomic E-state index is 0.228. The van der Waals surface area contributed by atoms with Gasteiger partial charge in [0.2, 0.25) is 5.91 Å². The van der Waals surface area contributed by atoms with E-state index in [4.69, 9.17) is 0 Å². The van der Waals surface area contributed by atoms with Crippen LogP contribution in [0.2, 0.25) is 0 Å². The van der Waals surface area contributed by atoms with Crippen molar-refractivity contribution in [3.8, 4) is 0 Å². The first-order valence-electron chi connectivity index (χ1n) is 6.59. The lowest BCUT2D eigenvalue weighted by Crippen LogP contribution is -2.37. The van der Waals surface area contributed by atoms with Crippen LogP contribution < -0.4 is 5.32 Å². The summed E-state index contributed by atoms with van der Waals surface area (Å²) in [4.78, 5) is 14.4. The molecule has 2 fully saturated rings. The maximum absolute atomic E-state index is 12.3. The summed E-state index contributed by atoms with van der Waals surface area (Å²) in [6.07, 6.45) is 1.19. The van der Waals surface area contributed by atoms with Crippen molar-refractivity contribution in [2.24, 2.45) is 23.7 Å².